The molecule has 1 fully saturated rings. The van der Waals surface area contributed by atoms with Crippen LogP contribution in [0.2, 0.25) is 0 Å². The molecule has 0 heterocycles. The van der Waals surface area contributed by atoms with Gasteiger partial charge in [-0.25, -0.2) is 4.39 Å². The summed E-state index contributed by atoms with van der Waals surface area (Å²) in [5.41, 5.74) is 0.545. The van der Waals surface area contributed by atoms with Gasteiger partial charge in [-0.15, -0.1) is 0 Å². The van der Waals surface area contributed by atoms with Crippen LogP contribution in [0.15, 0.2) is 22.7 Å². The van der Waals surface area contributed by atoms with Gasteiger partial charge in [0.05, 0.1) is 4.47 Å². The minimum Gasteiger partial charge on any atom is -0.338 e. The SMILES string of the molecule is CC[C@H]1CC[C@H](C(=O)C(=N)Nc2ccc(F)c(Br)c2)CC1. The molecule has 2 N–H and O–H groups in total. The van der Waals surface area contributed by atoms with Gasteiger partial charge in [0, 0.05) is 11.6 Å². The van der Waals surface area contributed by atoms with Crippen LogP contribution in [0.25, 0.3) is 0 Å². The van der Waals surface area contributed by atoms with E-state index in [9.17, 15) is 9.18 Å². The first kappa shape index (κ1) is 16.1. The van der Waals surface area contributed by atoms with Crippen LogP contribution in [0.5, 0.6) is 0 Å². The van der Waals surface area contributed by atoms with Gasteiger partial charge >= 0.3 is 0 Å². The Kier molecular flexibility index (Phi) is 5.51. The number of nitrogens with one attached hydrogen (secondary N) is 2. The van der Waals surface area contributed by atoms with Gasteiger partial charge < -0.3 is 5.32 Å². The second kappa shape index (κ2) is 7.16. The topological polar surface area (TPSA) is 53.0 Å². The molecule has 1 aliphatic carbocycles. The maximum atomic E-state index is 13.2. The highest BCUT2D eigenvalue weighted by Gasteiger charge is 2.27. The number of carbonyl (C=O) groups is 1. The number of anilines is 1. The molecule has 0 unspecified atom stereocenters. The van der Waals surface area contributed by atoms with Gasteiger partial charge in [-0.3, -0.25) is 10.2 Å². The molecule has 0 aromatic heterocycles. The summed E-state index contributed by atoms with van der Waals surface area (Å²) in [4.78, 5) is 12.3. The van der Waals surface area contributed by atoms with Crippen LogP contribution in [-0.4, -0.2) is 11.6 Å². The zero-order valence-electron chi connectivity index (χ0n) is 12.1. The number of hydrogen-bond acceptors (Lipinski definition) is 2. The molecule has 114 valence electrons. The van der Waals surface area contributed by atoms with Crippen molar-refractivity contribution in [3.8, 4) is 0 Å². The Balaban J connectivity index is 1.93. The Hall–Kier alpha value is -1.23. The highest BCUT2D eigenvalue weighted by Crippen LogP contribution is 2.31. The molecule has 2 rings (SSSR count). The first-order chi connectivity index (χ1) is 10.0. The van der Waals surface area contributed by atoms with Crippen LogP contribution >= 0.6 is 15.9 Å². The monoisotopic (exact) mass is 354 g/mol. The van der Waals surface area contributed by atoms with Gasteiger partial charge in [-0.05, 0) is 65.7 Å². The number of amidine groups is 1. The van der Waals surface area contributed by atoms with Crippen molar-refractivity contribution in [2.24, 2.45) is 11.8 Å². The first-order valence-corrected chi connectivity index (χ1v) is 8.15. The number of hydrogen-bond donors (Lipinski definition) is 2. The van der Waals surface area contributed by atoms with Gasteiger partial charge in [0.25, 0.3) is 0 Å². The predicted molar refractivity (Wildman–Crippen MR) is 86.2 cm³/mol. The van der Waals surface area contributed by atoms with Crippen LogP contribution < -0.4 is 5.32 Å². The summed E-state index contributed by atoms with van der Waals surface area (Å²) in [5, 5.41) is 10.7. The van der Waals surface area contributed by atoms with Crippen molar-refractivity contribution in [2.75, 3.05) is 5.32 Å². The zero-order valence-corrected chi connectivity index (χ0v) is 13.7. The third kappa shape index (κ3) is 4.13. The van der Waals surface area contributed by atoms with Crippen molar-refractivity contribution in [3.63, 3.8) is 0 Å². The van der Waals surface area contributed by atoms with E-state index in [2.05, 4.69) is 28.2 Å². The number of ketones is 1. The highest BCUT2D eigenvalue weighted by molar-refractivity contribution is 9.10. The normalized spacial score (nSPS) is 21.9. The molecule has 1 saturated carbocycles. The average molecular weight is 355 g/mol. The molecule has 21 heavy (non-hydrogen) atoms. The number of halogens is 2. The van der Waals surface area contributed by atoms with Crippen LogP contribution in [0.3, 0.4) is 0 Å². The van der Waals surface area contributed by atoms with Crippen LogP contribution in [0, 0.1) is 23.1 Å². The van der Waals surface area contributed by atoms with Crippen molar-refractivity contribution in [2.45, 2.75) is 39.0 Å². The van der Waals surface area contributed by atoms with Gasteiger partial charge in [-0.2, -0.15) is 0 Å². The molecular weight excluding hydrogens is 335 g/mol. The fraction of sp³-hybridized carbons (Fsp3) is 0.500. The molecule has 5 heteroatoms. The smallest absolute Gasteiger partial charge is 0.200 e. The van der Waals surface area contributed by atoms with E-state index in [4.69, 9.17) is 5.41 Å². The van der Waals surface area contributed by atoms with Gasteiger partial charge in [-0.1, -0.05) is 13.3 Å². The highest BCUT2D eigenvalue weighted by atomic mass is 79.9. The van der Waals surface area contributed by atoms with Crippen molar-refractivity contribution < 1.29 is 9.18 Å². The number of rotatable bonds is 4. The Morgan fingerprint density at radius 3 is 2.62 bits per heavy atom. The third-order valence-corrected chi connectivity index (χ3v) is 4.84. The molecule has 0 bridgehead atoms. The van der Waals surface area contributed by atoms with E-state index in [1.54, 1.807) is 0 Å². The van der Waals surface area contributed by atoms with Crippen molar-refractivity contribution in [3.05, 3.63) is 28.5 Å². The summed E-state index contributed by atoms with van der Waals surface area (Å²) >= 11 is 3.09. The number of carbonyl (C=O) groups excluding carboxylic acids is 1. The molecule has 3 nitrogen and oxygen atoms in total. The second-order valence-electron chi connectivity index (χ2n) is 5.62. The maximum absolute atomic E-state index is 13.2. The minimum absolute atomic E-state index is 0.0447. The fourth-order valence-electron chi connectivity index (χ4n) is 2.82. The lowest BCUT2D eigenvalue weighted by atomic mass is 9.79. The quantitative estimate of drug-likeness (QED) is 0.604. The van der Waals surface area contributed by atoms with E-state index in [-0.39, 0.29) is 23.4 Å². The molecular formula is C16H20BrFN2O. The van der Waals surface area contributed by atoms with Crippen molar-refractivity contribution >= 4 is 33.2 Å². The molecule has 0 radical (unpaired) electrons. The Morgan fingerprint density at radius 2 is 2.05 bits per heavy atom. The molecule has 0 spiro atoms. The predicted octanol–water partition coefficient (Wildman–Crippen LogP) is 4.76. The maximum Gasteiger partial charge on any atom is 0.200 e. The Bertz CT molecular complexity index is 539. The largest absolute Gasteiger partial charge is 0.338 e. The zero-order chi connectivity index (χ0) is 15.4. The van der Waals surface area contributed by atoms with E-state index in [1.807, 2.05) is 0 Å². The third-order valence-electron chi connectivity index (χ3n) is 4.23. The average Bonchev–Trinajstić information content (AvgIpc) is 2.50. The molecule has 0 amide bonds. The molecule has 0 aliphatic heterocycles. The molecule has 1 aromatic rings. The van der Waals surface area contributed by atoms with E-state index in [1.165, 1.54) is 24.6 Å². The molecule has 1 aromatic carbocycles. The van der Waals surface area contributed by atoms with Gasteiger partial charge in [0.2, 0.25) is 5.78 Å². The van der Waals surface area contributed by atoms with Crippen molar-refractivity contribution in [1.29, 1.82) is 5.41 Å². The van der Waals surface area contributed by atoms with Crippen LogP contribution in [0.1, 0.15) is 39.0 Å². The molecule has 0 atom stereocenters. The minimum atomic E-state index is -0.365. The second-order valence-corrected chi connectivity index (χ2v) is 6.47. The number of Topliss-reactive ketones (excluding diaryl/α,β-unsaturated/α-hetero) is 1. The van der Waals surface area contributed by atoms with Gasteiger partial charge in [0.15, 0.2) is 5.84 Å². The summed E-state index contributed by atoms with van der Waals surface area (Å²) in [6.07, 6.45) is 5.05. The van der Waals surface area contributed by atoms with Crippen LogP contribution in [0.4, 0.5) is 10.1 Å². The van der Waals surface area contributed by atoms with E-state index in [0.29, 0.717) is 10.2 Å². The Labute approximate surface area is 133 Å². The molecule has 1 aliphatic rings. The van der Waals surface area contributed by atoms with Crippen molar-refractivity contribution in [1.82, 2.24) is 0 Å². The lowest BCUT2D eigenvalue weighted by molar-refractivity contribution is -0.117. The lowest BCUT2D eigenvalue weighted by Gasteiger charge is -2.26. The van der Waals surface area contributed by atoms with Gasteiger partial charge in [0.1, 0.15) is 5.82 Å². The summed E-state index contributed by atoms with van der Waals surface area (Å²) in [6, 6.07) is 4.36. The van der Waals surface area contributed by atoms with Crippen LogP contribution in [-0.2, 0) is 4.79 Å². The summed E-state index contributed by atoms with van der Waals surface area (Å²) in [5.74, 6) is 0.0793. The molecule has 0 saturated heterocycles. The lowest BCUT2D eigenvalue weighted by Crippen LogP contribution is -2.31. The fourth-order valence-corrected chi connectivity index (χ4v) is 3.20. The Morgan fingerprint density at radius 1 is 1.38 bits per heavy atom. The summed E-state index contributed by atoms with van der Waals surface area (Å²) in [6.45, 7) is 2.18. The summed E-state index contributed by atoms with van der Waals surface area (Å²) < 4.78 is 13.5. The first-order valence-electron chi connectivity index (χ1n) is 7.36. The van der Waals surface area contributed by atoms with E-state index in [0.717, 1.165) is 31.6 Å². The summed E-state index contributed by atoms with van der Waals surface area (Å²) in [7, 11) is 0. The van der Waals surface area contributed by atoms with E-state index < -0.39 is 0 Å². The van der Waals surface area contributed by atoms with E-state index >= 15 is 0 Å². The number of benzene rings is 1. The standard InChI is InChI=1S/C16H20BrFN2O/c1-2-10-3-5-11(6-4-10)15(21)16(19)20-12-7-8-14(18)13(17)9-12/h7-11H,2-6H2,1H3,(H2,19,20)/t10-,11-.